The topological polar surface area (TPSA) is 3.24 Å². The van der Waals surface area contributed by atoms with Crippen LogP contribution in [0.2, 0.25) is 0 Å². The first-order chi connectivity index (χ1) is 12.4. The SMILES string of the molecule is Cc1ccc(C(F)(F)F)cc1N(Cc1ccccc1)Cc1ccccc1. The van der Waals surface area contributed by atoms with Gasteiger partial charge in [0, 0.05) is 18.8 Å². The molecule has 0 spiro atoms. The van der Waals surface area contributed by atoms with E-state index in [4.69, 9.17) is 0 Å². The summed E-state index contributed by atoms with van der Waals surface area (Å²) in [6.45, 7) is 2.92. The number of benzene rings is 3. The lowest BCUT2D eigenvalue weighted by molar-refractivity contribution is -0.137. The van der Waals surface area contributed by atoms with Gasteiger partial charge in [0.05, 0.1) is 5.56 Å². The maximum atomic E-state index is 13.2. The predicted octanol–water partition coefficient (Wildman–Crippen LogP) is 6.22. The first kappa shape index (κ1) is 18.1. The average Bonchev–Trinajstić information content (AvgIpc) is 2.62. The third-order valence-electron chi connectivity index (χ3n) is 4.31. The molecule has 0 aliphatic carbocycles. The van der Waals surface area contributed by atoms with Crippen LogP contribution in [0.15, 0.2) is 78.9 Å². The summed E-state index contributed by atoms with van der Waals surface area (Å²) in [6.07, 6.45) is -4.35. The van der Waals surface area contributed by atoms with Crippen LogP contribution in [-0.4, -0.2) is 0 Å². The molecule has 0 aliphatic heterocycles. The Balaban J connectivity index is 1.99. The molecule has 0 unspecified atom stereocenters. The molecule has 0 aromatic heterocycles. The van der Waals surface area contributed by atoms with E-state index in [9.17, 15) is 13.2 Å². The van der Waals surface area contributed by atoms with E-state index in [1.165, 1.54) is 6.07 Å². The Morgan fingerprint density at radius 1 is 0.731 bits per heavy atom. The molecule has 0 saturated carbocycles. The molecule has 0 aliphatic rings. The van der Waals surface area contributed by atoms with Gasteiger partial charge in [-0.15, -0.1) is 0 Å². The van der Waals surface area contributed by atoms with Crippen LogP contribution in [-0.2, 0) is 19.3 Å². The van der Waals surface area contributed by atoms with Crippen LogP contribution in [0.25, 0.3) is 0 Å². The average molecular weight is 355 g/mol. The number of hydrogen-bond acceptors (Lipinski definition) is 1. The Bertz CT molecular complexity index is 801. The van der Waals surface area contributed by atoms with Crippen molar-refractivity contribution >= 4 is 5.69 Å². The Morgan fingerprint density at radius 2 is 1.23 bits per heavy atom. The van der Waals surface area contributed by atoms with Crippen LogP contribution in [0.4, 0.5) is 18.9 Å². The fourth-order valence-electron chi connectivity index (χ4n) is 2.96. The molecule has 1 nitrogen and oxygen atoms in total. The quantitative estimate of drug-likeness (QED) is 0.525. The minimum atomic E-state index is -4.35. The smallest absolute Gasteiger partial charge is 0.363 e. The highest BCUT2D eigenvalue weighted by atomic mass is 19.4. The van der Waals surface area contributed by atoms with Gasteiger partial charge < -0.3 is 4.90 Å². The molecule has 0 bridgehead atoms. The second kappa shape index (κ2) is 7.65. The zero-order valence-electron chi connectivity index (χ0n) is 14.5. The Morgan fingerprint density at radius 3 is 1.69 bits per heavy atom. The summed E-state index contributed by atoms with van der Waals surface area (Å²) in [5.74, 6) is 0. The van der Waals surface area contributed by atoms with Crippen molar-refractivity contribution in [2.75, 3.05) is 4.90 Å². The number of nitrogens with zero attached hydrogens (tertiary/aromatic N) is 1. The van der Waals surface area contributed by atoms with E-state index in [-0.39, 0.29) is 0 Å². The van der Waals surface area contributed by atoms with Crippen molar-refractivity contribution in [2.45, 2.75) is 26.2 Å². The van der Waals surface area contributed by atoms with Gasteiger partial charge in [-0.1, -0.05) is 66.7 Å². The van der Waals surface area contributed by atoms with Gasteiger partial charge in [-0.3, -0.25) is 0 Å². The molecule has 0 radical (unpaired) electrons. The molecule has 0 saturated heterocycles. The molecule has 0 heterocycles. The number of hydrogen-bond donors (Lipinski definition) is 0. The number of halogens is 3. The molecule has 26 heavy (non-hydrogen) atoms. The van der Waals surface area contributed by atoms with Crippen LogP contribution in [0.1, 0.15) is 22.3 Å². The van der Waals surface area contributed by atoms with Gasteiger partial charge in [0.2, 0.25) is 0 Å². The van der Waals surface area contributed by atoms with Gasteiger partial charge in [0.1, 0.15) is 0 Å². The highest BCUT2D eigenvalue weighted by Gasteiger charge is 2.31. The van der Waals surface area contributed by atoms with Gasteiger partial charge in [0.25, 0.3) is 0 Å². The molecule has 3 rings (SSSR count). The number of rotatable bonds is 5. The first-order valence-electron chi connectivity index (χ1n) is 8.44. The monoisotopic (exact) mass is 355 g/mol. The largest absolute Gasteiger partial charge is 0.416 e. The number of anilines is 1. The maximum absolute atomic E-state index is 13.2. The number of aryl methyl sites for hydroxylation is 1. The lowest BCUT2D eigenvalue weighted by Crippen LogP contribution is -2.23. The Hall–Kier alpha value is -2.75. The summed E-state index contributed by atoms with van der Waals surface area (Å²) >= 11 is 0. The van der Waals surface area contributed by atoms with Crippen LogP contribution in [0.5, 0.6) is 0 Å². The van der Waals surface area contributed by atoms with E-state index >= 15 is 0 Å². The zero-order chi connectivity index (χ0) is 18.6. The minimum absolute atomic E-state index is 0.540. The van der Waals surface area contributed by atoms with Gasteiger partial charge in [0.15, 0.2) is 0 Å². The summed E-state index contributed by atoms with van der Waals surface area (Å²) in [4.78, 5) is 2.00. The highest BCUT2D eigenvalue weighted by molar-refractivity contribution is 5.56. The predicted molar refractivity (Wildman–Crippen MR) is 99.0 cm³/mol. The molecule has 4 heteroatoms. The van der Waals surface area contributed by atoms with Crippen LogP contribution in [0, 0.1) is 6.92 Å². The van der Waals surface area contributed by atoms with Gasteiger partial charge in [-0.2, -0.15) is 13.2 Å². The van der Waals surface area contributed by atoms with Crippen molar-refractivity contribution in [2.24, 2.45) is 0 Å². The fraction of sp³-hybridized carbons (Fsp3) is 0.182. The molecule has 0 atom stereocenters. The standard InChI is InChI=1S/C22H20F3N/c1-17-12-13-20(22(23,24)25)14-21(17)26(15-18-8-4-2-5-9-18)16-19-10-6-3-7-11-19/h2-14H,15-16H2,1H3. The Labute approximate surface area is 151 Å². The van der Waals surface area contributed by atoms with Crippen molar-refractivity contribution in [3.63, 3.8) is 0 Å². The van der Waals surface area contributed by atoms with Crippen molar-refractivity contribution in [1.29, 1.82) is 0 Å². The molecule has 3 aromatic rings. The molecule has 134 valence electrons. The highest BCUT2D eigenvalue weighted by Crippen LogP contribution is 2.34. The van der Waals surface area contributed by atoms with Gasteiger partial charge >= 0.3 is 6.18 Å². The van der Waals surface area contributed by atoms with Crippen molar-refractivity contribution < 1.29 is 13.2 Å². The summed E-state index contributed by atoms with van der Waals surface area (Å²) in [5, 5.41) is 0. The van der Waals surface area contributed by atoms with E-state index in [1.54, 1.807) is 6.07 Å². The van der Waals surface area contributed by atoms with E-state index in [1.807, 2.05) is 72.5 Å². The lowest BCUT2D eigenvalue weighted by atomic mass is 10.1. The lowest BCUT2D eigenvalue weighted by Gasteiger charge is -2.28. The third kappa shape index (κ3) is 4.45. The molecule has 0 N–H and O–H groups in total. The van der Waals surface area contributed by atoms with Crippen LogP contribution < -0.4 is 4.90 Å². The van der Waals surface area contributed by atoms with E-state index in [0.29, 0.717) is 18.8 Å². The number of alkyl halides is 3. The fourth-order valence-corrected chi connectivity index (χ4v) is 2.96. The van der Waals surface area contributed by atoms with Gasteiger partial charge in [-0.05, 0) is 35.7 Å². The van der Waals surface area contributed by atoms with Crippen LogP contribution >= 0.6 is 0 Å². The minimum Gasteiger partial charge on any atom is -0.363 e. The molecule has 3 aromatic carbocycles. The molecule has 0 fully saturated rings. The summed E-state index contributed by atoms with van der Waals surface area (Å²) in [5.41, 5.74) is 2.92. The second-order valence-corrected chi connectivity index (χ2v) is 6.33. The van der Waals surface area contributed by atoms with E-state index in [2.05, 4.69) is 0 Å². The summed E-state index contributed by atoms with van der Waals surface area (Å²) in [7, 11) is 0. The Kier molecular flexibility index (Phi) is 5.31. The van der Waals surface area contributed by atoms with Crippen LogP contribution in [0.3, 0.4) is 0 Å². The first-order valence-corrected chi connectivity index (χ1v) is 8.44. The third-order valence-corrected chi connectivity index (χ3v) is 4.31. The van der Waals surface area contributed by atoms with Crippen molar-refractivity contribution in [3.8, 4) is 0 Å². The molecule has 0 amide bonds. The second-order valence-electron chi connectivity index (χ2n) is 6.33. The van der Waals surface area contributed by atoms with Gasteiger partial charge in [-0.25, -0.2) is 0 Å². The summed E-state index contributed by atoms with van der Waals surface area (Å²) < 4.78 is 39.6. The molecular weight excluding hydrogens is 335 g/mol. The van der Waals surface area contributed by atoms with E-state index in [0.717, 1.165) is 22.8 Å². The van der Waals surface area contributed by atoms with Crippen molar-refractivity contribution in [1.82, 2.24) is 0 Å². The summed E-state index contributed by atoms with van der Waals surface area (Å²) in [6, 6.07) is 23.5. The normalized spacial score (nSPS) is 11.4. The van der Waals surface area contributed by atoms with Crippen molar-refractivity contribution in [3.05, 3.63) is 101 Å². The molecular formula is C22H20F3N. The maximum Gasteiger partial charge on any atom is 0.416 e. The van der Waals surface area contributed by atoms with E-state index < -0.39 is 11.7 Å². The zero-order valence-corrected chi connectivity index (χ0v) is 14.5.